The molecule has 3 N–H and O–H groups in total. The van der Waals surface area contributed by atoms with E-state index in [1.54, 1.807) is 6.92 Å². The first kappa shape index (κ1) is 15.0. The van der Waals surface area contributed by atoms with Crippen molar-refractivity contribution in [2.24, 2.45) is 11.8 Å². The van der Waals surface area contributed by atoms with E-state index in [0.717, 1.165) is 6.42 Å². The molecular weight excluding hydrogens is 230 g/mol. The molecule has 0 unspecified atom stereocenters. The average molecular weight is 255 g/mol. The van der Waals surface area contributed by atoms with Crippen LogP contribution in [0, 0.1) is 11.8 Å². The van der Waals surface area contributed by atoms with Crippen LogP contribution in [-0.2, 0) is 4.79 Å². The third-order valence-corrected chi connectivity index (χ3v) is 4.03. The second-order valence-electron chi connectivity index (χ2n) is 5.33. The maximum Gasteiger partial charge on any atom is 0.321 e. The van der Waals surface area contributed by atoms with E-state index >= 15 is 0 Å². The molecule has 1 saturated carbocycles. The standard InChI is InChI=1S/C13H25N3O2/c1-8-6-5-7-11(9(8)2)15-10(3)12(17)16-13(18)14-4/h8-11,15H,5-7H2,1-4H3,(H2,14,16,17,18)/t8-,9+,10+,11-/m1/s1. The summed E-state index contributed by atoms with van der Waals surface area (Å²) in [5, 5.41) is 8.00. The van der Waals surface area contributed by atoms with Crippen LogP contribution in [0.15, 0.2) is 0 Å². The van der Waals surface area contributed by atoms with E-state index in [1.165, 1.54) is 19.9 Å². The highest BCUT2D eigenvalue weighted by Gasteiger charge is 2.29. The molecule has 0 aromatic rings. The van der Waals surface area contributed by atoms with Crippen LogP contribution in [0.25, 0.3) is 0 Å². The SMILES string of the molecule is CNC(=O)NC(=O)[C@H](C)N[C@@H]1CCC[C@@H](C)[C@@H]1C. The molecule has 1 aliphatic carbocycles. The molecule has 104 valence electrons. The molecule has 5 heteroatoms. The number of nitrogens with one attached hydrogen (secondary N) is 3. The van der Waals surface area contributed by atoms with E-state index in [1.807, 2.05) is 0 Å². The average Bonchev–Trinajstić information content (AvgIpc) is 2.34. The summed E-state index contributed by atoms with van der Waals surface area (Å²) in [7, 11) is 1.49. The summed E-state index contributed by atoms with van der Waals surface area (Å²) in [4.78, 5) is 22.8. The summed E-state index contributed by atoms with van der Waals surface area (Å²) in [6, 6.07) is -0.446. The number of urea groups is 1. The van der Waals surface area contributed by atoms with Gasteiger partial charge in [0, 0.05) is 13.1 Å². The molecule has 0 radical (unpaired) electrons. The van der Waals surface area contributed by atoms with Crippen molar-refractivity contribution in [2.75, 3.05) is 7.05 Å². The fourth-order valence-corrected chi connectivity index (χ4v) is 2.50. The summed E-state index contributed by atoms with van der Waals surface area (Å²) in [6.07, 6.45) is 3.56. The van der Waals surface area contributed by atoms with Crippen molar-refractivity contribution in [3.05, 3.63) is 0 Å². The first-order valence-electron chi connectivity index (χ1n) is 6.74. The lowest BCUT2D eigenvalue weighted by Gasteiger charge is -2.36. The lowest BCUT2D eigenvalue weighted by Crippen LogP contribution is -2.52. The highest BCUT2D eigenvalue weighted by atomic mass is 16.2. The summed E-state index contributed by atoms with van der Waals surface area (Å²) in [5.74, 6) is 0.972. The molecule has 0 bridgehead atoms. The summed E-state index contributed by atoms with van der Waals surface area (Å²) in [6.45, 7) is 6.28. The van der Waals surface area contributed by atoms with Crippen LogP contribution in [0.1, 0.15) is 40.0 Å². The minimum Gasteiger partial charge on any atom is -0.341 e. The molecular formula is C13H25N3O2. The molecule has 1 rings (SSSR count). The molecule has 0 aromatic carbocycles. The smallest absolute Gasteiger partial charge is 0.321 e. The Bertz CT molecular complexity index is 307. The molecule has 0 saturated heterocycles. The summed E-state index contributed by atoms with van der Waals surface area (Å²) >= 11 is 0. The minimum atomic E-state index is -0.460. The van der Waals surface area contributed by atoms with Crippen LogP contribution < -0.4 is 16.0 Å². The first-order valence-corrected chi connectivity index (χ1v) is 6.74. The number of hydrogen-bond acceptors (Lipinski definition) is 3. The molecule has 18 heavy (non-hydrogen) atoms. The van der Waals surface area contributed by atoms with Crippen molar-refractivity contribution in [3.8, 4) is 0 Å². The third kappa shape index (κ3) is 3.98. The first-order chi connectivity index (χ1) is 8.45. The number of imide groups is 1. The molecule has 1 aliphatic rings. The molecule has 4 atom stereocenters. The maximum atomic E-state index is 11.7. The van der Waals surface area contributed by atoms with Gasteiger partial charge < -0.3 is 10.6 Å². The van der Waals surface area contributed by atoms with Crippen molar-refractivity contribution in [1.82, 2.24) is 16.0 Å². The van der Waals surface area contributed by atoms with Gasteiger partial charge in [-0.05, 0) is 25.2 Å². The Morgan fingerprint density at radius 1 is 1.22 bits per heavy atom. The zero-order valence-corrected chi connectivity index (χ0v) is 11.7. The number of hydrogen-bond donors (Lipinski definition) is 3. The van der Waals surface area contributed by atoms with Crippen molar-refractivity contribution >= 4 is 11.9 Å². The van der Waals surface area contributed by atoms with Crippen molar-refractivity contribution < 1.29 is 9.59 Å². The zero-order valence-electron chi connectivity index (χ0n) is 11.7. The predicted molar refractivity (Wildman–Crippen MR) is 71.2 cm³/mol. The Hall–Kier alpha value is -1.10. The van der Waals surface area contributed by atoms with Gasteiger partial charge in [-0.25, -0.2) is 4.79 Å². The lowest BCUT2D eigenvalue weighted by atomic mass is 9.78. The quantitative estimate of drug-likeness (QED) is 0.710. The number of carbonyl (C=O) groups excluding carboxylic acids is 2. The van der Waals surface area contributed by atoms with Gasteiger partial charge in [0.25, 0.3) is 0 Å². The van der Waals surface area contributed by atoms with Gasteiger partial charge in [0.15, 0.2) is 0 Å². The lowest BCUT2D eigenvalue weighted by molar-refractivity contribution is -0.122. The predicted octanol–water partition coefficient (Wildman–Crippen LogP) is 1.24. The van der Waals surface area contributed by atoms with Gasteiger partial charge in [0.2, 0.25) is 5.91 Å². The minimum absolute atomic E-state index is 0.278. The summed E-state index contributed by atoms with van der Waals surface area (Å²) in [5.41, 5.74) is 0. The van der Waals surface area contributed by atoms with E-state index in [4.69, 9.17) is 0 Å². The molecule has 3 amide bonds. The molecule has 0 aliphatic heterocycles. The van der Waals surface area contributed by atoms with Gasteiger partial charge >= 0.3 is 6.03 Å². The van der Waals surface area contributed by atoms with Gasteiger partial charge in [-0.15, -0.1) is 0 Å². The van der Waals surface area contributed by atoms with Crippen LogP contribution in [0.5, 0.6) is 0 Å². The van der Waals surface area contributed by atoms with Crippen molar-refractivity contribution in [3.63, 3.8) is 0 Å². The van der Waals surface area contributed by atoms with Crippen LogP contribution in [0.3, 0.4) is 0 Å². The topological polar surface area (TPSA) is 70.2 Å². The van der Waals surface area contributed by atoms with Gasteiger partial charge in [-0.2, -0.15) is 0 Å². The fourth-order valence-electron chi connectivity index (χ4n) is 2.50. The molecule has 0 heterocycles. The second-order valence-corrected chi connectivity index (χ2v) is 5.33. The fraction of sp³-hybridized carbons (Fsp3) is 0.846. The summed E-state index contributed by atoms with van der Waals surface area (Å²) < 4.78 is 0. The maximum absolute atomic E-state index is 11.7. The molecule has 0 aromatic heterocycles. The highest BCUT2D eigenvalue weighted by Crippen LogP contribution is 2.29. The third-order valence-electron chi connectivity index (χ3n) is 4.03. The molecule has 5 nitrogen and oxygen atoms in total. The monoisotopic (exact) mass is 255 g/mol. The van der Waals surface area contributed by atoms with Gasteiger partial charge in [0.1, 0.15) is 0 Å². The van der Waals surface area contributed by atoms with E-state index in [9.17, 15) is 9.59 Å². The number of amides is 3. The van der Waals surface area contributed by atoms with Crippen LogP contribution in [-0.4, -0.2) is 31.1 Å². The number of carbonyl (C=O) groups is 2. The largest absolute Gasteiger partial charge is 0.341 e. The number of rotatable bonds is 3. The second kappa shape index (κ2) is 6.73. The van der Waals surface area contributed by atoms with Gasteiger partial charge in [-0.3, -0.25) is 10.1 Å². The van der Waals surface area contributed by atoms with Gasteiger partial charge in [0.05, 0.1) is 6.04 Å². The Morgan fingerprint density at radius 3 is 2.50 bits per heavy atom. The van der Waals surface area contributed by atoms with Crippen LogP contribution in [0.4, 0.5) is 4.79 Å². The Kier molecular flexibility index (Phi) is 5.59. The van der Waals surface area contributed by atoms with Gasteiger partial charge in [-0.1, -0.05) is 26.7 Å². The Labute approximate surface area is 109 Å². The Morgan fingerprint density at radius 2 is 1.89 bits per heavy atom. The molecule has 0 spiro atoms. The van der Waals surface area contributed by atoms with Crippen LogP contribution in [0.2, 0.25) is 0 Å². The normalized spacial score (nSPS) is 29.4. The Balaban J connectivity index is 2.45. The van der Waals surface area contributed by atoms with Crippen molar-refractivity contribution in [1.29, 1.82) is 0 Å². The molecule has 1 fully saturated rings. The van der Waals surface area contributed by atoms with Crippen molar-refractivity contribution in [2.45, 2.75) is 52.1 Å². The van der Waals surface area contributed by atoms with E-state index in [-0.39, 0.29) is 11.9 Å². The van der Waals surface area contributed by atoms with Crippen LogP contribution >= 0.6 is 0 Å². The zero-order chi connectivity index (χ0) is 13.7. The highest BCUT2D eigenvalue weighted by molar-refractivity contribution is 5.96. The van der Waals surface area contributed by atoms with E-state index < -0.39 is 6.03 Å². The van der Waals surface area contributed by atoms with E-state index in [0.29, 0.717) is 17.9 Å². The van der Waals surface area contributed by atoms with E-state index in [2.05, 4.69) is 29.8 Å².